The van der Waals surface area contributed by atoms with Crippen LogP contribution < -0.4 is 10.1 Å². The van der Waals surface area contributed by atoms with Crippen molar-refractivity contribution in [2.24, 2.45) is 0 Å². The Morgan fingerprint density at radius 1 is 0.968 bits per heavy atom. The molecule has 0 bridgehead atoms. The average Bonchev–Trinajstić information content (AvgIpc) is 2.77. The Kier molecular flexibility index (Phi) is 8.05. The lowest BCUT2D eigenvalue weighted by atomic mass is 9.76. The van der Waals surface area contributed by atoms with Gasteiger partial charge in [0.15, 0.2) is 6.10 Å². The summed E-state index contributed by atoms with van der Waals surface area (Å²) in [7, 11) is 0. The predicted molar refractivity (Wildman–Crippen MR) is 128 cm³/mol. The van der Waals surface area contributed by atoms with E-state index < -0.39 is 6.10 Å². The van der Waals surface area contributed by atoms with Crippen molar-refractivity contribution < 1.29 is 14.3 Å². The first-order chi connectivity index (χ1) is 14.6. The largest absolute Gasteiger partial charge is 0.480 e. The number of ether oxygens (including phenoxy) is 1. The minimum atomic E-state index is -0.609. The first-order valence-corrected chi connectivity index (χ1v) is 11.3. The van der Waals surface area contributed by atoms with Crippen LogP contribution in [0.15, 0.2) is 42.5 Å². The third kappa shape index (κ3) is 5.96. The van der Waals surface area contributed by atoms with Gasteiger partial charge >= 0.3 is 0 Å². The average molecular weight is 424 g/mol. The van der Waals surface area contributed by atoms with Crippen LogP contribution in [0.25, 0.3) is 0 Å². The highest BCUT2D eigenvalue weighted by atomic mass is 16.5. The second kappa shape index (κ2) is 10.1. The molecule has 0 heterocycles. The van der Waals surface area contributed by atoms with Crippen LogP contribution in [0.3, 0.4) is 0 Å². The molecule has 1 amide bonds. The summed E-state index contributed by atoms with van der Waals surface area (Å²) in [5, 5.41) is 2.90. The fourth-order valence-electron chi connectivity index (χ4n) is 3.32. The lowest BCUT2D eigenvalue weighted by Crippen LogP contribution is -2.33. The van der Waals surface area contributed by atoms with Crippen molar-refractivity contribution in [1.29, 1.82) is 0 Å². The summed E-state index contributed by atoms with van der Waals surface area (Å²) >= 11 is 0. The van der Waals surface area contributed by atoms with E-state index in [0.717, 1.165) is 30.4 Å². The van der Waals surface area contributed by atoms with Crippen LogP contribution in [0, 0.1) is 0 Å². The van der Waals surface area contributed by atoms with Crippen molar-refractivity contribution >= 4 is 17.9 Å². The smallest absolute Gasteiger partial charge is 0.265 e. The molecule has 0 saturated heterocycles. The molecular weight excluding hydrogens is 386 g/mol. The van der Waals surface area contributed by atoms with Gasteiger partial charge in [-0.25, -0.2) is 0 Å². The maximum atomic E-state index is 12.9. The fraction of sp³-hybridized carbons (Fsp3) is 0.481. The van der Waals surface area contributed by atoms with Crippen LogP contribution in [0.1, 0.15) is 89.2 Å². The van der Waals surface area contributed by atoms with Gasteiger partial charge in [-0.15, -0.1) is 0 Å². The molecule has 0 spiro atoms. The minimum absolute atomic E-state index is 0.0748. The molecule has 0 aliphatic carbocycles. The number of carbonyl (C=O) groups excluding carboxylic acids is 2. The van der Waals surface area contributed by atoms with E-state index in [4.69, 9.17) is 4.74 Å². The van der Waals surface area contributed by atoms with Crippen LogP contribution >= 0.6 is 0 Å². The number of benzene rings is 2. The van der Waals surface area contributed by atoms with Gasteiger partial charge in [-0.3, -0.25) is 9.59 Å². The summed E-state index contributed by atoms with van der Waals surface area (Å²) in [6.07, 6.45) is 2.73. The summed E-state index contributed by atoms with van der Waals surface area (Å²) < 4.78 is 6.29. The monoisotopic (exact) mass is 423 g/mol. The molecule has 0 radical (unpaired) electrons. The summed E-state index contributed by atoms with van der Waals surface area (Å²) in [5.41, 5.74) is 3.64. The van der Waals surface area contributed by atoms with Crippen molar-refractivity contribution in [2.75, 3.05) is 5.32 Å². The van der Waals surface area contributed by atoms with Crippen molar-refractivity contribution in [3.05, 3.63) is 59.2 Å². The highest BCUT2D eigenvalue weighted by Crippen LogP contribution is 2.39. The molecule has 31 heavy (non-hydrogen) atoms. The maximum absolute atomic E-state index is 12.9. The van der Waals surface area contributed by atoms with Crippen molar-refractivity contribution in [3.8, 4) is 5.75 Å². The van der Waals surface area contributed by atoms with E-state index in [-0.39, 0.29) is 16.7 Å². The molecular formula is C27H37NO3. The Morgan fingerprint density at radius 2 is 1.58 bits per heavy atom. The topological polar surface area (TPSA) is 55.4 Å². The predicted octanol–water partition coefficient (Wildman–Crippen LogP) is 6.67. The normalized spacial score (nSPS) is 12.9. The molecule has 1 N–H and O–H groups in total. The third-order valence-electron chi connectivity index (χ3n) is 6.50. The number of hydrogen-bond acceptors (Lipinski definition) is 3. The van der Waals surface area contributed by atoms with Gasteiger partial charge in [0.2, 0.25) is 0 Å². The van der Waals surface area contributed by atoms with Gasteiger partial charge in [0, 0.05) is 16.8 Å². The summed E-state index contributed by atoms with van der Waals surface area (Å²) in [6, 6.07) is 13.2. The fourth-order valence-corrected chi connectivity index (χ4v) is 3.32. The summed E-state index contributed by atoms with van der Waals surface area (Å²) in [6.45, 7) is 15.3. The molecule has 4 nitrogen and oxygen atoms in total. The van der Waals surface area contributed by atoms with E-state index in [9.17, 15) is 9.59 Å². The number of amides is 1. The Balaban J connectivity index is 2.32. The molecule has 168 valence electrons. The SMILES string of the molecule is CCC(Oc1ccc(C(C)(C)CC)cc1C(C)(C)CC)C(=O)Nc1ccc(C=O)cc1. The van der Waals surface area contributed by atoms with Crippen LogP contribution in [-0.4, -0.2) is 18.3 Å². The molecule has 2 rings (SSSR count). The van der Waals surface area contributed by atoms with Gasteiger partial charge in [-0.05, 0) is 66.0 Å². The zero-order valence-electron chi connectivity index (χ0n) is 20.0. The van der Waals surface area contributed by atoms with Gasteiger partial charge in [0.25, 0.3) is 5.91 Å². The van der Waals surface area contributed by atoms with Crippen molar-refractivity contribution in [3.63, 3.8) is 0 Å². The Bertz CT molecular complexity index is 897. The Hall–Kier alpha value is -2.62. The number of anilines is 1. The van der Waals surface area contributed by atoms with Crippen LogP contribution in [-0.2, 0) is 15.6 Å². The third-order valence-corrected chi connectivity index (χ3v) is 6.50. The molecule has 0 aliphatic rings. The number of rotatable bonds is 10. The zero-order chi connectivity index (χ0) is 23.2. The molecule has 2 aromatic rings. The molecule has 0 saturated carbocycles. The van der Waals surface area contributed by atoms with E-state index in [2.05, 4.69) is 59.0 Å². The number of nitrogens with one attached hydrogen (secondary N) is 1. The molecule has 0 aromatic heterocycles. The highest BCUT2D eigenvalue weighted by molar-refractivity contribution is 5.94. The molecule has 4 heteroatoms. The molecule has 2 aromatic carbocycles. The van der Waals surface area contributed by atoms with Crippen LogP contribution in [0.5, 0.6) is 5.75 Å². The van der Waals surface area contributed by atoms with Crippen LogP contribution in [0.4, 0.5) is 5.69 Å². The van der Waals surface area contributed by atoms with E-state index >= 15 is 0 Å². The first-order valence-electron chi connectivity index (χ1n) is 11.3. The minimum Gasteiger partial charge on any atom is -0.480 e. The van der Waals surface area contributed by atoms with Gasteiger partial charge in [-0.1, -0.05) is 60.6 Å². The standard InChI is InChI=1S/C27H37NO3/c1-8-23(25(30)28-21-14-11-19(18-29)12-15-21)31-24-16-13-20(26(4,5)9-2)17-22(24)27(6,7)10-3/h11-18,23H,8-10H2,1-7H3,(H,28,30). The van der Waals surface area contributed by atoms with Gasteiger partial charge in [0.05, 0.1) is 0 Å². The second-order valence-corrected chi connectivity index (χ2v) is 9.43. The summed E-state index contributed by atoms with van der Waals surface area (Å²) in [4.78, 5) is 23.7. The van der Waals surface area contributed by atoms with Gasteiger partial charge < -0.3 is 10.1 Å². The zero-order valence-corrected chi connectivity index (χ0v) is 20.0. The molecule has 0 aliphatic heterocycles. The van der Waals surface area contributed by atoms with Gasteiger partial charge in [-0.2, -0.15) is 0 Å². The van der Waals surface area contributed by atoms with E-state index in [0.29, 0.717) is 17.7 Å². The quantitative estimate of drug-likeness (QED) is 0.434. The maximum Gasteiger partial charge on any atom is 0.265 e. The number of aldehydes is 1. The molecule has 1 unspecified atom stereocenters. The van der Waals surface area contributed by atoms with Gasteiger partial charge in [0.1, 0.15) is 12.0 Å². The lowest BCUT2D eigenvalue weighted by molar-refractivity contribution is -0.122. The Morgan fingerprint density at radius 3 is 2.10 bits per heavy atom. The molecule has 1 atom stereocenters. The van der Waals surface area contributed by atoms with Crippen molar-refractivity contribution in [1.82, 2.24) is 0 Å². The molecule has 0 fully saturated rings. The van der Waals surface area contributed by atoms with E-state index in [1.165, 1.54) is 5.56 Å². The second-order valence-electron chi connectivity index (χ2n) is 9.43. The number of carbonyl (C=O) groups is 2. The Labute approximate surface area is 187 Å². The van der Waals surface area contributed by atoms with E-state index in [1.54, 1.807) is 24.3 Å². The first kappa shape index (κ1) is 24.6. The van der Waals surface area contributed by atoms with Crippen LogP contribution in [0.2, 0.25) is 0 Å². The summed E-state index contributed by atoms with van der Waals surface area (Å²) in [5.74, 6) is 0.570. The number of hydrogen-bond donors (Lipinski definition) is 1. The highest BCUT2D eigenvalue weighted by Gasteiger charge is 2.28. The lowest BCUT2D eigenvalue weighted by Gasteiger charge is -2.31. The van der Waals surface area contributed by atoms with Crippen molar-refractivity contribution in [2.45, 2.75) is 84.7 Å². The van der Waals surface area contributed by atoms with E-state index in [1.807, 2.05) is 13.0 Å².